The number of carbonyl (C=O) groups is 1. The summed E-state index contributed by atoms with van der Waals surface area (Å²) in [6, 6.07) is 0. The number of hydrogen-bond acceptors (Lipinski definition) is 2. The van der Waals surface area contributed by atoms with E-state index in [-0.39, 0.29) is 6.10 Å². The van der Waals surface area contributed by atoms with Crippen LogP contribution in [0.5, 0.6) is 0 Å². The van der Waals surface area contributed by atoms with Gasteiger partial charge in [-0.1, -0.05) is 6.92 Å². The second kappa shape index (κ2) is 2.11. The van der Waals surface area contributed by atoms with Crippen LogP contribution in [0.1, 0.15) is 6.92 Å². The van der Waals surface area contributed by atoms with Gasteiger partial charge >= 0.3 is 6.09 Å². The highest BCUT2D eigenvalue weighted by Crippen LogP contribution is 2.34. The van der Waals surface area contributed by atoms with E-state index in [4.69, 9.17) is 9.84 Å². The van der Waals surface area contributed by atoms with E-state index in [1.54, 1.807) is 0 Å². The summed E-state index contributed by atoms with van der Waals surface area (Å²) >= 11 is 0. The standard InChI is InChI=1S/C7H11NO3/c1-4-2-8(7(9)10)3-5-6(4)11-5/h4-6H,2-3H2,1H3,(H,9,10). The highest BCUT2D eigenvalue weighted by molar-refractivity contribution is 5.65. The van der Waals surface area contributed by atoms with Gasteiger partial charge in [-0.05, 0) is 0 Å². The van der Waals surface area contributed by atoms with Crippen molar-refractivity contribution in [3.63, 3.8) is 0 Å². The van der Waals surface area contributed by atoms with E-state index in [1.807, 2.05) is 6.92 Å². The van der Waals surface area contributed by atoms with Crippen LogP contribution in [0.2, 0.25) is 0 Å². The fraction of sp³-hybridized carbons (Fsp3) is 0.857. The molecular formula is C7H11NO3. The van der Waals surface area contributed by atoms with Crippen molar-refractivity contribution < 1.29 is 14.6 Å². The zero-order valence-electron chi connectivity index (χ0n) is 6.36. The van der Waals surface area contributed by atoms with E-state index < -0.39 is 6.09 Å². The average molecular weight is 157 g/mol. The molecule has 2 rings (SSSR count). The van der Waals surface area contributed by atoms with Gasteiger partial charge in [0.25, 0.3) is 0 Å². The van der Waals surface area contributed by atoms with Crippen LogP contribution in [-0.2, 0) is 4.74 Å². The van der Waals surface area contributed by atoms with Crippen molar-refractivity contribution in [3.8, 4) is 0 Å². The van der Waals surface area contributed by atoms with E-state index in [0.29, 0.717) is 25.1 Å². The Labute approximate surface area is 64.7 Å². The Balaban J connectivity index is 2.00. The van der Waals surface area contributed by atoms with Gasteiger partial charge in [0.2, 0.25) is 0 Å². The van der Waals surface area contributed by atoms with Crippen molar-refractivity contribution in [1.82, 2.24) is 4.90 Å². The smallest absolute Gasteiger partial charge is 0.407 e. The molecule has 0 bridgehead atoms. The number of ether oxygens (including phenoxy) is 1. The lowest BCUT2D eigenvalue weighted by Crippen LogP contribution is -2.42. The minimum Gasteiger partial charge on any atom is -0.465 e. The zero-order chi connectivity index (χ0) is 8.01. The molecule has 2 aliphatic rings. The Bertz CT molecular complexity index is 194. The third kappa shape index (κ3) is 1.07. The largest absolute Gasteiger partial charge is 0.465 e. The van der Waals surface area contributed by atoms with Gasteiger partial charge in [-0.25, -0.2) is 4.79 Å². The van der Waals surface area contributed by atoms with E-state index >= 15 is 0 Å². The summed E-state index contributed by atoms with van der Waals surface area (Å²) in [5, 5.41) is 8.66. The molecule has 3 atom stereocenters. The Kier molecular flexibility index (Phi) is 1.32. The highest BCUT2D eigenvalue weighted by Gasteiger charge is 2.48. The Hall–Kier alpha value is -0.770. The van der Waals surface area contributed by atoms with Crippen molar-refractivity contribution in [2.45, 2.75) is 19.1 Å². The molecule has 0 radical (unpaired) electrons. The van der Waals surface area contributed by atoms with Crippen molar-refractivity contribution in [2.75, 3.05) is 13.1 Å². The first-order chi connectivity index (χ1) is 5.18. The maximum absolute atomic E-state index is 10.5. The molecule has 1 N–H and O–H groups in total. The second-order valence-electron chi connectivity index (χ2n) is 3.30. The van der Waals surface area contributed by atoms with Gasteiger partial charge in [0, 0.05) is 12.5 Å². The number of rotatable bonds is 0. The zero-order valence-corrected chi connectivity index (χ0v) is 6.36. The minimum absolute atomic E-state index is 0.190. The van der Waals surface area contributed by atoms with Crippen LogP contribution in [-0.4, -0.2) is 41.4 Å². The maximum Gasteiger partial charge on any atom is 0.407 e. The minimum atomic E-state index is -0.828. The average Bonchev–Trinajstić information content (AvgIpc) is 2.66. The first-order valence-corrected chi connectivity index (χ1v) is 3.82. The molecule has 11 heavy (non-hydrogen) atoms. The lowest BCUT2D eigenvalue weighted by molar-refractivity contribution is 0.131. The third-order valence-corrected chi connectivity index (χ3v) is 2.36. The lowest BCUT2D eigenvalue weighted by Gasteiger charge is -2.25. The number of carboxylic acid groups (broad SMARTS) is 1. The van der Waals surface area contributed by atoms with Crippen molar-refractivity contribution in [2.24, 2.45) is 5.92 Å². The summed E-state index contributed by atoms with van der Waals surface area (Å²) in [7, 11) is 0. The molecule has 0 aliphatic carbocycles. The molecule has 62 valence electrons. The van der Waals surface area contributed by atoms with Crippen LogP contribution in [0.25, 0.3) is 0 Å². The summed E-state index contributed by atoms with van der Waals surface area (Å²) in [5.74, 6) is 0.366. The van der Waals surface area contributed by atoms with Crippen molar-refractivity contribution in [3.05, 3.63) is 0 Å². The molecular weight excluding hydrogens is 146 g/mol. The molecule has 0 aromatic heterocycles. The first-order valence-electron chi connectivity index (χ1n) is 3.82. The molecule has 2 heterocycles. The van der Waals surface area contributed by atoms with Gasteiger partial charge in [0.05, 0.1) is 12.6 Å². The predicted octanol–water partition coefficient (Wildman–Crippen LogP) is 0.383. The lowest BCUT2D eigenvalue weighted by atomic mass is 10.0. The molecule has 2 saturated heterocycles. The number of piperidine rings is 1. The molecule has 2 fully saturated rings. The van der Waals surface area contributed by atoms with Crippen molar-refractivity contribution in [1.29, 1.82) is 0 Å². The summed E-state index contributed by atoms with van der Waals surface area (Å²) in [6.45, 7) is 3.21. The Morgan fingerprint density at radius 2 is 2.36 bits per heavy atom. The van der Waals surface area contributed by atoms with Crippen LogP contribution in [0.3, 0.4) is 0 Å². The monoisotopic (exact) mass is 157 g/mol. The number of likely N-dealkylation sites (tertiary alicyclic amines) is 1. The normalized spacial score (nSPS) is 41.5. The molecule has 4 heteroatoms. The highest BCUT2D eigenvalue weighted by atomic mass is 16.6. The van der Waals surface area contributed by atoms with Gasteiger partial charge in [-0.2, -0.15) is 0 Å². The van der Waals surface area contributed by atoms with Crippen LogP contribution in [0.15, 0.2) is 0 Å². The van der Waals surface area contributed by atoms with Gasteiger partial charge < -0.3 is 14.7 Å². The number of fused-ring (bicyclic) bond motifs is 1. The van der Waals surface area contributed by atoms with Gasteiger partial charge in [-0.3, -0.25) is 0 Å². The van der Waals surface area contributed by atoms with Crippen LogP contribution in [0.4, 0.5) is 4.79 Å². The molecule has 1 amide bonds. The van der Waals surface area contributed by atoms with E-state index in [1.165, 1.54) is 4.90 Å². The fourth-order valence-electron chi connectivity index (χ4n) is 1.70. The van der Waals surface area contributed by atoms with Crippen LogP contribution < -0.4 is 0 Å². The first kappa shape index (κ1) is 6.91. The molecule has 4 nitrogen and oxygen atoms in total. The SMILES string of the molecule is CC1CN(C(=O)O)CC2OC12. The third-order valence-electron chi connectivity index (χ3n) is 2.36. The molecule has 0 aromatic rings. The Morgan fingerprint density at radius 1 is 1.64 bits per heavy atom. The summed E-state index contributed by atoms with van der Waals surface area (Å²) in [5.41, 5.74) is 0. The van der Waals surface area contributed by atoms with Crippen LogP contribution in [0, 0.1) is 5.92 Å². The van der Waals surface area contributed by atoms with Gasteiger partial charge in [0.1, 0.15) is 6.10 Å². The molecule has 0 saturated carbocycles. The summed E-state index contributed by atoms with van der Waals surface area (Å²) < 4.78 is 5.27. The molecule has 3 unspecified atom stereocenters. The van der Waals surface area contributed by atoms with Crippen molar-refractivity contribution >= 4 is 6.09 Å². The number of amides is 1. The summed E-state index contributed by atoms with van der Waals surface area (Å²) in [6.07, 6.45) is -0.300. The van der Waals surface area contributed by atoms with Gasteiger partial charge in [-0.15, -0.1) is 0 Å². The Morgan fingerprint density at radius 3 is 2.91 bits per heavy atom. The number of hydrogen-bond donors (Lipinski definition) is 1. The fourth-order valence-corrected chi connectivity index (χ4v) is 1.70. The quantitative estimate of drug-likeness (QED) is 0.517. The summed E-state index contributed by atoms with van der Waals surface area (Å²) in [4.78, 5) is 12.0. The number of epoxide rings is 1. The van der Waals surface area contributed by atoms with E-state index in [9.17, 15) is 4.79 Å². The van der Waals surface area contributed by atoms with E-state index in [0.717, 1.165) is 0 Å². The maximum atomic E-state index is 10.5. The van der Waals surface area contributed by atoms with E-state index in [2.05, 4.69) is 0 Å². The predicted molar refractivity (Wildman–Crippen MR) is 37.4 cm³/mol. The molecule has 0 spiro atoms. The topological polar surface area (TPSA) is 53.1 Å². The molecule has 2 aliphatic heterocycles. The second-order valence-corrected chi connectivity index (χ2v) is 3.30. The van der Waals surface area contributed by atoms with Gasteiger partial charge in [0.15, 0.2) is 0 Å². The van der Waals surface area contributed by atoms with Crippen LogP contribution >= 0.6 is 0 Å². The molecule has 0 aromatic carbocycles. The number of nitrogens with zero attached hydrogens (tertiary/aromatic N) is 1.